The van der Waals surface area contributed by atoms with E-state index in [-0.39, 0.29) is 18.5 Å². The van der Waals surface area contributed by atoms with Gasteiger partial charge in [0.15, 0.2) is 0 Å². The van der Waals surface area contributed by atoms with Crippen molar-refractivity contribution in [2.75, 3.05) is 6.54 Å². The minimum atomic E-state index is -4.44. The van der Waals surface area contributed by atoms with Gasteiger partial charge in [-0.05, 0) is 48.5 Å². The topological polar surface area (TPSA) is 68.0 Å². The Morgan fingerprint density at radius 1 is 1.07 bits per heavy atom. The number of hydrogen-bond acceptors (Lipinski definition) is 4. The molecule has 27 heavy (non-hydrogen) atoms. The molecule has 3 rings (SSSR count). The average molecular weight is 396 g/mol. The second-order valence-electron chi connectivity index (χ2n) is 5.60. The number of amides is 1. The van der Waals surface area contributed by atoms with E-state index in [4.69, 9.17) is 16.1 Å². The first-order chi connectivity index (χ1) is 12.8. The molecule has 0 spiro atoms. The van der Waals surface area contributed by atoms with E-state index in [2.05, 4.69) is 15.5 Å². The molecule has 3 aromatic rings. The molecule has 0 aliphatic heterocycles. The number of rotatable bonds is 5. The molecule has 0 saturated carbocycles. The number of hydrogen-bond donors (Lipinski definition) is 1. The van der Waals surface area contributed by atoms with Crippen LogP contribution in [0.25, 0.3) is 11.4 Å². The number of carbonyl (C=O) groups is 1. The van der Waals surface area contributed by atoms with Crippen LogP contribution in [0.15, 0.2) is 53.1 Å². The minimum absolute atomic E-state index is 0.135. The van der Waals surface area contributed by atoms with Gasteiger partial charge in [-0.15, -0.1) is 0 Å². The van der Waals surface area contributed by atoms with Crippen molar-refractivity contribution in [1.29, 1.82) is 0 Å². The van der Waals surface area contributed by atoms with Crippen LogP contribution in [0.2, 0.25) is 5.02 Å². The molecule has 0 atom stereocenters. The van der Waals surface area contributed by atoms with Crippen molar-refractivity contribution in [2.24, 2.45) is 0 Å². The normalized spacial score (nSPS) is 11.4. The van der Waals surface area contributed by atoms with Crippen LogP contribution < -0.4 is 5.32 Å². The monoisotopic (exact) mass is 395 g/mol. The third-order valence-corrected chi connectivity index (χ3v) is 3.92. The Balaban J connectivity index is 1.54. The standard InChI is InChI=1S/C18H13ClF3N3O2/c19-14-7-3-11(4-8-14)16-24-15(27-25-16)9-10-23-17(26)12-1-5-13(6-2-12)18(20,21)22/h1-8H,9-10H2,(H,23,26). The summed E-state index contributed by atoms with van der Waals surface area (Å²) in [5, 5.41) is 7.04. The number of nitrogens with one attached hydrogen (secondary N) is 1. The summed E-state index contributed by atoms with van der Waals surface area (Å²) in [5.74, 6) is 0.240. The third-order valence-electron chi connectivity index (χ3n) is 3.67. The minimum Gasteiger partial charge on any atom is -0.352 e. The molecule has 2 aromatic carbocycles. The van der Waals surface area contributed by atoms with Crippen molar-refractivity contribution in [3.05, 3.63) is 70.6 Å². The molecule has 0 aliphatic rings. The first kappa shape index (κ1) is 18.9. The summed E-state index contributed by atoms with van der Waals surface area (Å²) in [6.45, 7) is 0.197. The lowest BCUT2D eigenvalue weighted by molar-refractivity contribution is -0.137. The van der Waals surface area contributed by atoms with Crippen molar-refractivity contribution in [3.8, 4) is 11.4 Å². The van der Waals surface area contributed by atoms with Crippen LogP contribution in [0.1, 0.15) is 21.8 Å². The van der Waals surface area contributed by atoms with E-state index in [9.17, 15) is 18.0 Å². The predicted molar refractivity (Wildman–Crippen MR) is 92.2 cm³/mol. The van der Waals surface area contributed by atoms with Crippen molar-refractivity contribution < 1.29 is 22.5 Å². The zero-order chi connectivity index (χ0) is 19.4. The van der Waals surface area contributed by atoms with E-state index < -0.39 is 17.6 Å². The van der Waals surface area contributed by atoms with Crippen LogP contribution in [-0.4, -0.2) is 22.6 Å². The molecule has 0 aliphatic carbocycles. The molecule has 0 fully saturated rings. The third kappa shape index (κ3) is 4.85. The van der Waals surface area contributed by atoms with Gasteiger partial charge in [0.1, 0.15) is 0 Å². The molecule has 0 radical (unpaired) electrons. The molecular weight excluding hydrogens is 383 g/mol. The van der Waals surface area contributed by atoms with E-state index in [1.807, 2.05) is 0 Å². The first-order valence-corrected chi connectivity index (χ1v) is 8.25. The van der Waals surface area contributed by atoms with Gasteiger partial charge in [0, 0.05) is 29.1 Å². The molecular formula is C18H13ClF3N3O2. The largest absolute Gasteiger partial charge is 0.416 e. The number of halogens is 4. The van der Waals surface area contributed by atoms with Gasteiger partial charge in [0.05, 0.1) is 5.56 Å². The van der Waals surface area contributed by atoms with Crippen LogP contribution in [0.4, 0.5) is 13.2 Å². The highest BCUT2D eigenvalue weighted by atomic mass is 35.5. The second kappa shape index (κ2) is 7.79. The number of carbonyl (C=O) groups excluding carboxylic acids is 1. The maximum absolute atomic E-state index is 12.5. The summed E-state index contributed by atoms with van der Waals surface area (Å²) in [7, 11) is 0. The summed E-state index contributed by atoms with van der Waals surface area (Å²) >= 11 is 5.82. The summed E-state index contributed by atoms with van der Waals surface area (Å²) < 4.78 is 42.7. The van der Waals surface area contributed by atoms with Gasteiger partial charge < -0.3 is 9.84 Å². The highest BCUT2D eigenvalue weighted by Gasteiger charge is 2.30. The number of benzene rings is 2. The van der Waals surface area contributed by atoms with Gasteiger partial charge in [-0.2, -0.15) is 18.2 Å². The molecule has 5 nitrogen and oxygen atoms in total. The highest BCUT2D eigenvalue weighted by Crippen LogP contribution is 2.29. The smallest absolute Gasteiger partial charge is 0.352 e. The Morgan fingerprint density at radius 3 is 2.37 bits per heavy atom. The van der Waals surface area contributed by atoms with Crippen molar-refractivity contribution >= 4 is 17.5 Å². The maximum Gasteiger partial charge on any atom is 0.416 e. The van der Waals surface area contributed by atoms with Gasteiger partial charge in [-0.25, -0.2) is 0 Å². The lowest BCUT2D eigenvalue weighted by Gasteiger charge is -2.07. The zero-order valence-corrected chi connectivity index (χ0v) is 14.5. The molecule has 140 valence electrons. The molecule has 1 heterocycles. The van der Waals surface area contributed by atoms with Crippen molar-refractivity contribution in [3.63, 3.8) is 0 Å². The summed E-state index contributed by atoms with van der Waals surface area (Å²) in [5.41, 5.74) is 0.0678. The van der Waals surface area contributed by atoms with Crippen LogP contribution in [0, 0.1) is 0 Å². The van der Waals surface area contributed by atoms with Gasteiger partial charge in [0.2, 0.25) is 11.7 Å². The number of nitrogens with zero attached hydrogens (tertiary/aromatic N) is 2. The molecule has 1 N–H and O–H groups in total. The molecule has 0 unspecified atom stereocenters. The lowest BCUT2D eigenvalue weighted by Crippen LogP contribution is -2.25. The Kier molecular flexibility index (Phi) is 5.46. The average Bonchev–Trinajstić information content (AvgIpc) is 3.10. The molecule has 0 saturated heterocycles. The molecule has 0 bridgehead atoms. The predicted octanol–water partition coefficient (Wildman–Crippen LogP) is 4.38. The Labute approximate surface area is 157 Å². The van der Waals surface area contributed by atoms with E-state index in [0.29, 0.717) is 16.7 Å². The van der Waals surface area contributed by atoms with Crippen LogP contribution in [0.5, 0.6) is 0 Å². The fourth-order valence-corrected chi connectivity index (χ4v) is 2.39. The number of alkyl halides is 3. The van der Waals surface area contributed by atoms with E-state index >= 15 is 0 Å². The Morgan fingerprint density at radius 2 is 1.74 bits per heavy atom. The Hall–Kier alpha value is -2.87. The fourth-order valence-electron chi connectivity index (χ4n) is 2.27. The van der Waals surface area contributed by atoms with Gasteiger partial charge >= 0.3 is 6.18 Å². The quantitative estimate of drug-likeness (QED) is 0.696. The Bertz CT molecular complexity index is 922. The number of aromatic nitrogens is 2. The van der Waals surface area contributed by atoms with Crippen molar-refractivity contribution in [1.82, 2.24) is 15.5 Å². The zero-order valence-electron chi connectivity index (χ0n) is 13.8. The highest BCUT2D eigenvalue weighted by molar-refractivity contribution is 6.30. The van der Waals surface area contributed by atoms with E-state index in [0.717, 1.165) is 29.8 Å². The summed E-state index contributed by atoms with van der Waals surface area (Å²) in [6.07, 6.45) is -4.15. The SMILES string of the molecule is O=C(NCCc1nc(-c2ccc(Cl)cc2)no1)c1ccc(C(F)(F)F)cc1. The molecule has 9 heteroatoms. The second-order valence-corrected chi connectivity index (χ2v) is 6.04. The van der Waals surface area contributed by atoms with Gasteiger partial charge in [-0.1, -0.05) is 16.8 Å². The fraction of sp³-hybridized carbons (Fsp3) is 0.167. The maximum atomic E-state index is 12.5. The lowest BCUT2D eigenvalue weighted by atomic mass is 10.1. The molecule has 1 aromatic heterocycles. The van der Waals surface area contributed by atoms with Crippen LogP contribution in [0.3, 0.4) is 0 Å². The van der Waals surface area contributed by atoms with Crippen molar-refractivity contribution in [2.45, 2.75) is 12.6 Å². The van der Waals surface area contributed by atoms with E-state index in [1.54, 1.807) is 24.3 Å². The van der Waals surface area contributed by atoms with Gasteiger partial charge in [-0.3, -0.25) is 4.79 Å². The van der Waals surface area contributed by atoms with E-state index in [1.165, 1.54) is 0 Å². The van der Waals surface area contributed by atoms with Crippen LogP contribution in [-0.2, 0) is 12.6 Å². The summed E-state index contributed by atoms with van der Waals surface area (Å²) in [6, 6.07) is 10.9. The first-order valence-electron chi connectivity index (χ1n) is 7.87. The molecule has 1 amide bonds. The van der Waals surface area contributed by atoms with Crippen LogP contribution >= 0.6 is 11.6 Å². The summed E-state index contributed by atoms with van der Waals surface area (Å²) in [4.78, 5) is 16.2. The van der Waals surface area contributed by atoms with Gasteiger partial charge in [0.25, 0.3) is 5.91 Å².